The third kappa shape index (κ3) is 3.61. The maximum absolute atomic E-state index is 12.3. The van der Waals surface area contributed by atoms with Crippen molar-refractivity contribution in [1.82, 2.24) is 10.2 Å². The second-order valence-corrected chi connectivity index (χ2v) is 5.47. The lowest BCUT2D eigenvalue weighted by Gasteiger charge is -2.32. The van der Waals surface area contributed by atoms with Crippen molar-refractivity contribution < 1.29 is 14.3 Å². The molecule has 5 nitrogen and oxygen atoms in total. The molecule has 0 aliphatic carbocycles. The van der Waals surface area contributed by atoms with Crippen LogP contribution in [0.3, 0.4) is 0 Å². The van der Waals surface area contributed by atoms with Crippen LogP contribution < -0.4 is 5.32 Å². The maximum atomic E-state index is 12.3. The molecule has 0 saturated carbocycles. The molecule has 0 aromatic carbocycles. The van der Waals surface area contributed by atoms with Crippen LogP contribution in [0.15, 0.2) is 0 Å². The summed E-state index contributed by atoms with van der Waals surface area (Å²) in [6.45, 7) is 7.37. The molecule has 0 aromatic rings. The lowest BCUT2D eigenvalue weighted by atomic mass is 9.86. The molecule has 0 aromatic heterocycles. The fourth-order valence-corrected chi connectivity index (χ4v) is 1.95. The standard InChI is InChI=1S/C12H22N2O3/c1-12(2,3)9(13-11(16)17-4)10(15)14-7-5-6-8-14/h9H,5-8H2,1-4H3,(H,13,16). The largest absolute Gasteiger partial charge is 0.453 e. The summed E-state index contributed by atoms with van der Waals surface area (Å²) < 4.78 is 4.57. The highest BCUT2D eigenvalue weighted by Gasteiger charge is 2.36. The number of nitrogens with zero attached hydrogens (tertiary/aromatic N) is 1. The van der Waals surface area contributed by atoms with Crippen molar-refractivity contribution in [3.63, 3.8) is 0 Å². The topological polar surface area (TPSA) is 58.6 Å². The monoisotopic (exact) mass is 242 g/mol. The number of hydrogen-bond acceptors (Lipinski definition) is 3. The van der Waals surface area contributed by atoms with E-state index in [2.05, 4.69) is 10.1 Å². The number of ether oxygens (including phenoxy) is 1. The molecular formula is C12H22N2O3. The van der Waals surface area contributed by atoms with Gasteiger partial charge in [0.2, 0.25) is 5.91 Å². The van der Waals surface area contributed by atoms with Gasteiger partial charge in [-0.2, -0.15) is 0 Å². The SMILES string of the molecule is COC(=O)NC(C(=O)N1CCCC1)C(C)(C)C. The van der Waals surface area contributed by atoms with Gasteiger partial charge in [0, 0.05) is 13.1 Å². The Bertz CT molecular complexity index is 291. The third-order valence-electron chi connectivity index (χ3n) is 2.98. The van der Waals surface area contributed by atoms with Crippen LogP contribution >= 0.6 is 0 Å². The van der Waals surface area contributed by atoms with E-state index in [0.29, 0.717) is 0 Å². The van der Waals surface area contributed by atoms with E-state index in [1.54, 1.807) is 0 Å². The summed E-state index contributed by atoms with van der Waals surface area (Å²) in [5.41, 5.74) is -0.326. The van der Waals surface area contributed by atoms with E-state index >= 15 is 0 Å². The average molecular weight is 242 g/mol. The van der Waals surface area contributed by atoms with Gasteiger partial charge in [0.1, 0.15) is 6.04 Å². The minimum absolute atomic E-state index is 0.0135. The maximum Gasteiger partial charge on any atom is 0.407 e. The summed E-state index contributed by atoms with van der Waals surface area (Å²) in [5.74, 6) is -0.0135. The molecule has 0 spiro atoms. The number of carbonyl (C=O) groups is 2. The molecule has 1 atom stereocenters. The summed E-state index contributed by atoms with van der Waals surface area (Å²) in [5, 5.41) is 2.63. The van der Waals surface area contributed by atoms with Crippen molar-refractivity contribution in [3.05, 3.63) is 0 Å². The van der Waals surface area contributed by atoms with Gasteiger partial charge >= 0.3 is 6.09 Å². The van der Waals surface area contributed by atoms with Gasteiger partial charge in [0.15, 0.2) is 0 Å². The molecule has 1 heterocycles. The van der Waals surface area contributed by atoms with Crippen LogP contribution in [-0.4, -0.2) is 43.1 Å². The molecule has 2 amide bonds. The van der Waals surface area contributed by atoms with Gasteiger partial charge < -0.3 is 15.0 Å². The van der Waals surface area contributed by atoms with Crippen molar-refractivity contribution in [2.75, 3.05) is 20.2 Å². The van der Waals surface area contributed by atoms with E-state index in [-0.39, 0.29) is 11.3 Å². The molecule has 5 heteroatoms. The first-order chi connectivity index (χ1) is 7.86. The molecule has 1 fully saturated rings. The molecule has 1 rings (SSSR count). The molecule has 1 N–H and O–H groups in total. The van der Waals surface area contributed by atoms with Gasteiger partial charge in [-0.15, -0.1) is 0 Å². The highest BCUT2D eigenvalue weighted by Crippen LogP contribution is 2.23. The number of methoxy groups -OCH3 is 1. The van der Waals surface area contributed by atoms with E-state index in [4.69, 9.17) is 0 Å². The predicted octanol–water partition coefficient (Wildman–Crippen LogP) is 1.38. The van der Waals surface area contributed by atoms with Gasteiger partial charge in [-0.1, -0.05) is 20.8 Å². The first-order valence-corrected chi connectivity index (χ1v) is 5.99. The van der Waals surface area contributed by atoms with Gasteiger partial charge in [0.05, 0.1) is 7.11 Å². The lowest BCUT2D eigenvalue weighted by Crippen LogP contribution is -2.54. The second-order valence-electron chi connectivity index (χ2n) is 5.47. The molecule has 17 heavy (non-hydrogen) atoms. The summed E-state index contributed by atoms with van der Waals surface area (Å²) in [6.07, 6.45) is 1.53. The van der Waals surface area contributed by atoms with Crippen LogP contribution in [0, 0.1) is 5.41 Å². The van der Waals surface area contributed by atoms with Crippen LogP contribution in [0.4, 0.5) is 4.79 Å². The molecule has 1 saturated heterocycles. The minimum Gasteiger partial charge on any atom is -0.453 e. The van der Waals surface area contributed by atoms with Gasteiger partial charge in [-0.05, 0) is 18.3 Å². The van der Waals surface area contributed by atoms with Crippen molar-refractivity contribution >= 4 is 12.0 Å². The molecule has 1 unspecified atom stereocenters. The number of hydrogen-bond donors (Lipinski definition) is 1. The number of likely N-dealkylation sites (tertiary alicyclic amines) is 1. The van der Waals surface area contributed by atoms with Crippen LogP contribution in [0.25, 0.3) is 0 Å². The normalized spacial score (nSPS) is 17.8. The molecule has 1 aliphatic heterocycles. The quantitative estimate of drug-likeness (QED) is 0.796. The molecule has 0 radical (unpaired) electrons. The van der Waals surface area contributed by atoms with Crippen molar-refractivity contribution in [3.8, 4) is 0 Å². The van der Waals surface area contributed by atoms with E-state index in [1.807, 2.05) is 25.7 Å². The fourth-order valence-electron chi connectivity index (χ4n) is 1.95. The number of alkyl carbamates (subject to hydrolysis) is 1. The zero-order valence-corrected chi connectivity index (χ0v) is 11.1. The Kier molecular flexibility index (Phi) is 4.37. The van der Waals surface area contributed by atoms with Gasteiger partial charge in [0.25, 0.3) is 0 Å². The number of nitrogens with one attached hydrogen (secondary N) is 1. The number of rotatable bonds is 2. The first kappa shape index (κ1) is 13.8. The Hall–Kier alpha value is -1.26. The van der Waals surface area contributed by atoms with E-state index in [0.717, 1.165) is 25.9 Å². The van der Waals surface area contributed by atoms with Gasteiger partial charge in [-0.25, -0.2) is 4.79 Å². The van der Waals surface area contributed by atoms with E-state index in [9.17, 15) is 9.59 Å². The van der Waals surface area contributed by atoms with Crippen LogP contribution in [0.5, 0.6) is 0 Å². The van der Waals surface area contributed by atoms with Crippen LogP contribution in [0.2, 0.25) is 0 Å². The van der Waals surface area contributed by atoms with E-state index < -0.39 is 12.1 Å². The Morgan fingerprint density at radius 3 is 2.18 bits per heavy atom. The summed E-state index contributed by atoms with van der Waals surface area (Å²) >= 11 is 0. The number of amides is 2. The van der Waals surface area contributed by atoms with Crippen molar-refractivity contribution in [1.29, 1.82) is 0 Å². The molecular weight excluding hydrogens is 220 g/mol. The van der Waals surface area contributed by atoms with Gasteiger partial charge in [-0.3, -0.25) is 4.79 Å². The molecule has 0 bridgehead atoms. The van der Waals surface area contributed by atoms with Crippen LogP contribution in [0.1, 0.15) is 33.6 Å². The summed E-state index contributed by atoms with van der Waals surface area (Å²) in [7, 11) is 1.30. The fraction of sp³-hybridized carbons (Fsp3) is 0.833. The summed E-state index contributed by atoms with van der Waals surface area (Å²) in [4.78, 5) is 25.4. The van der Waals surface area contributed by atoms with E-state index in [1.165, 1.54) is 7.11 Å². The van der Waals surface area contributed by atoms with Crippen molar-refractivity contribution in [2.45, 2.75) is 39.7 Å². The zero-order valence-electron chi connectivity index (χ0n) is 11.1. The zero-order chi connectivity index (χ0) is 13.1. The Balaban J connectivity index is 2.75. The molecule has 1 aliphatic rings. The Labute approximate surface area is 102 Å². The predicted molar refractivity (Wildman–Crippen MR) is 64.6 cm³/mol. The summed E-state index contributed by atoms with van der Waals surface area (Å²) in [6, 6.07) is -0.534. The number of carbonyl (C=O) groups excluding carboxylic acids is 2. The third-order valence-corrected chi connectivity index (χ3v) is 2.98. The van der Waals surface area contributed by atoms with Crippen LogP contribution in [-0.2, 0) is 9.53 Å². The average Bonchev–Trinajstić information content (AvgIpc) is 2.76. The Morgan fingerprint density at radius 1 is 1.24 bits per heavy atom. The molecule has 98 valence electrons. The Morgan fingerprint density at radius 2 is 1.76 bits per heavy atom. The first-order valence-electron chi connectivity index (χ1n) is 5.99. The smallest absolute Gasteiger partial charge is 0.407 e. The minimum atomic E-state index is -0.558. The highest BCUT2D eigenvalue weighted by atomic mass is 16.5. The second kappa shape index (κ2) is 5.38. The highest BCUT2D eigenvalue weighted by molar-refractivity contribution is 5.86. The lowest BCUT2D eigenvalue weighted by molar-refractivity contribution is -0.134. The van der Waals surface area contributed by atoms with Crippen molar-refractivity contribution in [2.24, 2.45) is 5.41 Å².